The maximum atomic E-state index is 12.9. The Hall–Kier alpha value is -1.77. The molecule has 2 nitrogen and oxygen atoms in total. The van der Waals surface area contributed by atoms with Crippen LogP contribution in [0.3, 0.4) is 0 Å². The zero-order valence-electron chi connectivity index (χ0n) is 10.4. The summed E-state index contributed by atoms with van der Waals surface area (Å²) in [6.45, 7) is 2.26. The normalized spacial score (nSPS) is 18.4. The quantitative estimate of drug-likeness (QED) is 0.766. The van der Waals surface area contributed by atoms with Crippen LogP contribution in [0, 0.1) is 11.7 Å². The number of rotatable bonds is 1. The van der Waals surface area contributed by atoms with Gasteiger partial charge < -0.3 is 0 Å². The second-order valence-corrected chi connectivity index (χ2v) is 5.02. The summed E-state index contributed by atoms with van der Waals surface area (Å²) in [5.41, 5.74) is 3.29. The van der Waals surface area contributed by atoms with Crippen LogP contribution in [0.15, 0.2) is 30.5 Å². The van der Waals surface area contributed by atoms with Gasteiger partial charge in [-0.3, -0.25) is 0 Å². The van der Waals surface area contributed by atoms with E-state index in [4.69, 9.17) is 0 Å². The molecule has 1 aromatic heterocycles. The van der Waals surface area contributed by atoms with E-state index in [-0.39, 0.29) is 5.82 Å². The molecule has 1 aliphatic rings. The lowest BCUT2D eigenvalue weighted by atomic mass is 9.89. The number of hydrogen-bond acceptors (Lipinski definition) is 2. The summed E-state index contributed by atoms with van der Waals surface area (Å²) in [6, 6.07) is 6.34. The van der Waals surface area contributed by atoms with Crippen molar-refractivity contribution in [3.8, 4) is 11.4 Å². The number of aryl methyl sites for hydroxylation is 1. The smallest absolute Gasteiger partial charge is 0.159 e. The first-order valence-electron chi connectivity index (χ1n) is 6.33. The van der Waals surface area contributed by atoms with E-state index in [1.54, 1.807) is 12.1 Å². The van der Waals surface area contributed by atoms with Crippen LogP contribution in [0.1, 0.15) is 24.6 Å². The fraction of sp³-hybridized carbons (Fsp3) is 0.333. The van der Waals surface area contributed by atoms with Crippen LogP contribution < -0.4 is 0 Å². The van der Waals surface area contributed by atoms with Crippen LogP contribution >= 0.6 is 0 Å². The summed E-state index contributed by atoms with van der Waals surface area (Å²) >= 11 is 0. The maximum Gasteiger partial charge on any atom is 0.159 e. The van der Waals surface area contributed by atoms with Crippen molar-refractivity contribution in [2.24, 2.45) is 5.92 Å². The molecule has 0 saturated heterocycles. The molecule has 0 N–H and O–H groups in total. The molecule has 18 heavy (non-hydrogen) atoms. The Bertz CT molecular complexity index is 563. The van der Waals surface area contributed by atoms with Crippen molar-refractivity contribution < 1.29 is 4.39 Å². The number of halogens is 1. The van der Waals surface area contributed by atoms with Crippen molar-refractivity contribution in [1.29, 1.82) is 0 Å². The van der Waals surface area contributed by atoms with Gasteiger partial charge in [0, 0.05) is 17.5 Å². The van der Waals surface area contributed by atoms with Gasteiger partial charge in [-0.2, -0.15) is 0 Å². The molecule has 0 aliphatic heterocycles. The van der Waals surface area contributed by atoms with E-state index in [1.165, 1.54) is 24.1 Å². The van der Waals surface area contributed by atoms with Gasteiger partial charge in [0.25, 0.3) is 0 Å². The molecule has 1 aliphatic carbocycles. The highest BCUT2D eigenvalue weighted by molar-refractivity contribution is 5.55. The molecule has 0 radical (unpaired) electrons. The van der Waals surface area contributed by atoms with Gasteiger partial charge >= 0.3 is 0 Å². The van der Waals surface area contributed by atoms with E-state index in [0.29, 0.717) is 5.82 Å². The third-order valence-corrected chi connectivity index (χ3v) is 3.50. The SMILES string of the molecule is CC1CCc2nc(-c3ccc(F)cc3)ncc2C1. The highest BCUT2D eigenvalue weighted by Crippen LogP contribution is 2.25. The molecule has 0 bridgehead atoms. The predicted molar refractivity (Wildman–Crippen MR) is 68.6 cm³/mol. The Kier molecular flexibility index (Phi) is 2.82. The van der Waals surface area contributed by atoms with Gasteiger partial charge in [0.15, 0.2) is 5.82 Å². The van der Waals surface area contributed by atoms with Gasteiger partial charge in [0.05, 0.1) is 0 Å². The first-order chi connectivity index (χ1) is 8.72. The van der Waals surface area contributed by atoms with Crippen molar-refractivity contribution in [3.63, 3.8) is 0 Å². The number of hydrogen-bond donors (Lipinski definition) is 0. The Balaban J connectivity index is 1.97. The van der Waals surface area contributed by atoms with Gasteiger partial charge in [-0.05, 0) is 55.0 Å². The van der Waals surface area contributed by atoms with Crippen molar-refractivity contribution in [2.75, 3.05) is 0 Å². The van der Waals surface area contributed by atoms with E-state index in [9.17, 15) is 4.39 Å². The van der Waals surface area contributed by atoms with Gasteiger partial charge in [-0.1, -0.05) is 6.92 Å². The molecule has 0 amide bonds. The first kappa shape index (κ1) is 11.3. The van der Waals surface area contributed by atoms with Gasteiger partial charge in [-0.25, -0.2) is 14.4 Å². The van der Waals surface area contributed by atoms with Crippen LogP contribution in [0.25, 0.3) is 11.4 Å². The third-order valence-electron chi connectivity index (χ3n) is 3.50. The summed E-state index contributed by atoms with van der Waals surface area (Å²) in [6.07, 6.45) is 5.20. The molecule has 1 heterocycles. The van der Waals surface area contributed by atoms with E-state index < -0.39 is 0 Å². The van der Waals surface area contributed by atoms with E-state index in [1.807, 2.05) is 6.20 Å². The van der Waals surface area contributed by atoms with Crippen LogP contribution in [0.2, 0.25) is 0 Å². The standard InChI is InChI=1S/C15H15FN2/c1-10-2-7-14-12(8-10)9-17-15(18-14)11-3-5-13(16)6-4-11/h3-6,9-10H,2,7-8H2,1H3. The van der Waals surface area contributed by atoms with Crippen LogP contribution in [-0.4, -0.2) is 9.97 Å². The van der Waals surface area contributed by atoms with Gasteiger partial charge in [0.2, 0.25) is 0 Å². The summed E-state index contributed by atoms with van der Waals surface area (Å²) in [5.74, 6) is 1.19. The van der Waals surface area contributed by atoms with Crippen molar-refractivity contribution in [2.45, 2.75) is 26.2 Å². The molecule has 1 aromatic carbocycles. The largest absolute Gasteiger partial charge is 0.236 e. The second kappa shape index (κ2) is 4.48. The third kappa shape index (κ3) is 2.13. The molecule has 92 valence electrons. The lowest BCUT2D eigenvalue weighted by Gasteiger charge is -2.20. The molecule has 3 rings (SSSR count). The molecule has 1 atom stereocenters. The maximum absolute atomic E-state index is 12.9. The van der Waals surface area contributed by atoms with E-state index in [2.05, 4.69) is 16.9 Å². The highest BCUT2D eigenvalue weighted by Gasteiger charge is 2.17. The van der Waals surface area contributed by atoms with Crippen LogP contribution in [0.5, 0.6) is 0 Å². The predicted octanol–water partition coefficient (Wildman–Crippen LogP) is 3.41. The van der Waals surface area contributed by atoms with Gasteiger partial charge in [0.1, 0.15) is 5.82 Å². The minimum Gasteiger partial charge on any atom is -0.236 e. The molecule has 0 saturated carbocycles. The fourth-order valence-corrected chi connectivity index (χ4v) is 2.43. The number of nitrogens with zero attached hydrogens (tertiary/aromatic N) is 2. The first-order valence-corrected chi connectivity index (χ1v) is 6.33. The number of fused-ring (bicyclic) bond motifs is 1. The molecular formula is C15H15FN2. The van der Waals surface area contributed by atoms with Crippen LogP contribution in [0.4, 0.5) is 4.39 Å². The zero-order chi connectivity index (χ0) is 12.5. The van der Waals surface area contributed by atoms with Crippen molar-refractivity contribution >= 4 is 0 Å². The average molecular weight is 242 g/mol. The molecule has 0 spiro atoms. The monoisotopic (exact) mass is 242 g/mol. The number of aromatic nitrogens is 2. The second-order valence-electron chi connectivity index (χ2n) is 5.02. The summed E-state index contributed by atoms with van der Waals surface area (Å²) in [5, 5.41) is 0. The van der Waals surface area contributed by atoms with E-state index >= 15 is 0 Å². The molecule has 1 unspecified atom stereocenters. The van der Waals surface area contributed by atoms with Crippen molar-refractivity contribution in [1.82, 2.24) is 9.97 Å². The van der Waals surface area contributed by atoms with Crippen molar-refractivity contribution in [3.05, 3.63) is 47.5 Å². The average Bonchev–Trinajstić information content (AvgIpc) is 2.39. The Morgan fingerprint density at radius 1 is 1.22 bits per heavy atom. The van der Waals surface area contributed by atoms with E-state index in [0.717, 1.165) is 30.0 Å². The number of benzene rings is 1. The minimum atomic E-state index is -0.231. The Morgan fingerprint density at radius 2 is 2.00 bits per heavy atom. The fourth-order valence-electron chi connectivity index (χ4n) is 2.43. The van der Waals surface area contributed by atoms with Crippen LogP contribution in [-0.2, 0) is 12.8 Å². The Labute approximate surface area is 106 Å². The lowest BCUT2D eigenvalue weighted by molar-refractivity contribution is 0.492. The molecule has 2 aromatic rings. The van der Waals surface area contributed by atoms with Gasteiger partial charge in [-0.15, -0.1) is 0 Å². The molecule has 3 heteroatoms. The highest BCUT2D eigenvalue weighted by atomic mass is 19.1. The summed E-state index contributed by atoms with van der Waals surface area (Å²) in [4.78, 5) is 9.01. The zero-order valence-corrected chi connectivity index (χ0v) is 10.4. The summed E-state index contributed by atoms with van der Waals surface area (Å²) < 4.78 is 12.9. The minimum absolute atomic E-state index is 0.231. The summed E-state index contributed by atoms with van der Waals surface area (Å²) in [7, 11) is 0. The molecule has 0 fully saturated rings. The topological polar surface area (TPSA) is 25.8 Å². The lowest BCUT2D eigenvalue weighted by Crippen LogP contribution is -2.14. The molecular weight excluding hydrogens is 227 g/mol. The Morgan fingerprint density at radius 3 is 2.78 bits per heavy atom.